The third-order valence-corrected chi connectivity index (χ3v) is 5.92. The summed E-state index contributed by atoms with van der Waals surface area (Å²) in [5.41, 5.74) is 2.94. The van der Waals surface area contributed by atoms with E-state index in [-0.39, 0.29) is 19.0 Å². The van der Waals surface area contributed by atoms with Crippen LogP contribution in [0.4, 0.5) is 14.9 Å². The van der Waals surface area contributed by atoms with Gasteiger partial charge < -0.3 is 14.6 Å². The highest BCUT2D eigenvalue weighted by Gasteiger charge is 2.32. The van der Waals surface area contributed by atoms with Crippen molar-refractivity contribution in [2.45, 2.75) is 45.3 Å². The van der Waals surface area contributed by atoms with Gasteiger partial charge in [0.2, 0.25) is 5.91 Å². The molecule has 1 saturated heterocycles. The molecule has 178 valence electrons. The predicted octanol–water partition coefficient (Wildman–Crippen LogP) is 4.56. The zero-order chi connectivity index (χ0) is 23.9. The number of hydrogen-bond donors (Lipinski definition) is 1. The van der Waals surface area contributed by atoms with Gasteiger partial charge in [0.25, 0.3) is 0 Å². The normalized spacial score (nSPS) is 15.4. The molecule has 0 unspecified atom stereocenters. The SMILES string of the molecule is CC(=O)NC[C@H]1CN(c2ccc(-c3ccc(CCCCCn4ccnc4)cc3)c(F)c2)C(=O)O1. The Morgan fingerprint density at radius 2 is 2.00 bits per heavy atom. The number of unbranched alkanes of at least 4 members (excludes halogenated alkanes) is 2. The Hall–Kier alpha value is -3.68. The van der Waals surface area contributed by atoms with E-state index in [1.165, 1.54) is 23.5 Å². The molecule has 0 spiro atoms. The molecule has 1 N–H and O–H groups in total. The number of anilines is 1. The van der Waals surface area contributed by atoms with Gasteiger partial charge in [0.15, 0.2) is 0 Å². The second-order valence-electron chi connectivity index (χ2n) is 8.53. The summed E-state index contributed by atoms with van der Waals surface area (Å²) in [6, 6.07) is 12.7. The van der Waals surface area contributed by atoms with E-state index < -0.39 is 18.0 Å². The van der Waals surface area contributed by atoms with E-state index in [9.17, 15) is 14.0 Å². The third kappa shape index (κ3) is 6.01. The fourth-order valence-electron chi connectivity index (χ4n) is 4.07. The molecule has 2 heterocycles. The molecule has 1 aliphatic rings. The van der Waals surface area contributed by atoms with Gasteiger partial charge in [-0.1, -0.05) is 30.7 Å². The number of carbonyl (C=O) groups excluding carboxylic acids is 2. The smallest absolute Gasteiger partial charge is 0.414 e. The Bertz CT molecular complexity index is 1120. The van der Waals surface area contributed by atoms with Crippen LogP contribution in [0.5, 0.6) is 0 Å². The quantitative estimate of drug-likeness (QED) is 0.446. The van der Waals surface area contributed by atoms with E-state index in [0.29, 0.717) is 11.3 Å². The fourth-order valence-corrected chi connectivity index (χ4v) is 4.07. The Labute approximate surface area is 198 Å². The van der Waals surface area contributed by atoms with Crippen molar-refractivity contribution in [1.29, 1.82) is 0 Å². The average molecular weight is 465 g/mol. The maximum Gasteiger partial charge on any atom is 0.414 e. The predicted molar refractivity (Wildman–Crippen MR) is 128 cm³/mol. The first-order valence-electron chi connectivity index (χ1n) is 11.6. The number of nitrogens with one attached hydrogen (secondary N) is 1. The lowest BCUT2D eigenvalue weighted by molar-refractivity contribution is -0.119. The van der Waals surface area contributed by atoms with Crippen LogP contribution in [0.25, 0.3) is 11.1 Å². The summed E-state index contributed by atoms with van der Waals surface area (Å²) in [4.78, 5) is 28.7. The fraction of sp³-hybridized carbons (Fsp3) is 0.346. The number of aryl methyl sites for hydroxylation is 2. The van der Waals surface area contributed by atoms with Gasteiger partial charge in [-0.15, -0.1) is 0 Å². The van der Waals surface area contributed by atoms with Crippen LogP contribution in [-0.4, -0.2) is 40.7 Å². The second-order valence-corrected chi connectivity index (χ2v) is 8.53. The first kappa shape index (κ1) is 23.5. The molecule has 1 aliphatic heterocycles. The molecule has 4 rings (SSSR count). The Balaban J connectivity index is 1.31. The number of ether oxygens (including phenoxy) is 1. The highest BCUT2D eigenvalue weighted by molar-refractivity contribution is 5.90. The van der Waals surface area contributed by atoms with E-state index in [4.69, 9.17) is 4.74 Å². The van der Waals surface area contributed by atoms with Gasteiger partial charge in [0, 0.05) is 31.4 Å². The number of halogens is 1. The van der Waals surface area contributed by atoms with Crippen LogP contribution in [-0.2, 0) is 22.5 Å². The molecule has 3 aromatic rings. The van der Waals surface area contributed by atoms with E-state index in [2.05, 4.69) is 14.9 Å². The van der Waals surface area contributed by atoms with Crippen LogP contribution in [0.2, 0.25) is 0 Å². The zero-order valence-corrected chi connectivity index (χ0v) is 19.2. The summed E-state index contributed by atoms with van der Waals surface area (Å²) in [7, 11) is 0. The highest BCUT2D eigenvalue weighted by Crippen LogP contribution is 2.29. The Morgan fingerprint density at radius 1 is 1.18 bits per heavy atom. The number of aromatic nitrogens is 2. The van der Waals surface area contributed by atoms with Crippen molar-refractivity contribution < 1.29 is 18.7 Å². The molecule has 1 atom stereocenters. The number of amides is 2. The van der Waals surface area contributed by atoms with E-state index in [0.717, 1.165) is 37.8 Å². The number of hydrogen-bond acceptors (Lipinski definition) is 4. The van der Waals surface area contributed by atoms with Gasteiger partial charge in [0.1, 0.15) is 11.9 Å². The summed E-state index contributed by atoms with van der Waals surface area (Å²) in [5.74, 6) is -0.593. The second kappa shape index (κ2) is 11.0. The maximum atomic E-state index is 14.9. The molecule has 0 aliphatic carbocycles. The van der Waals surface area contributed by atoms with Crippen molar-refractivity contribution in [3.8, 4) is 11.1 Å². The zero-order valence-electron chi connectivity index (χ0n) is 19.2. The summed E-state index contributed by atoms with van der Waals surface area (Å²) in [6.45, 7) is 2.88. The van der Waals surface area contributed by atoms with Crippen molar-refractivity contribution >= 4 is 17.7 Å². The minimum Gasteiger partial charge on any atom is -0.442 e. The number of nitrogens with zero attached hydrogens (tertiary/aromatic N) is 3. The van der Waals surface area contributed by atoms with Gasteiger partial charge in [-0.2, -0.15) is 0 Å². The van der Waals surface area contributed by atoms with Crippen molar-refractivity contribution in [3.63, 3.8) is 0 Å². The lowest BCUT2D eigenvalue weighted by Crippen LogP contribution is -2.33. The first-order chi connectivity index (χ1) is 16.5. The van der Waals surface area contributed by atoms with Crippen molar-refractivity contribution in [1.82, 2.24) is 14.9 Å². The van der Waals surface area contributed by atoms with Crippen LogP contribution in [0.3, 0.4) is 0 Å². The van der Waals surface area contributed by atoms with Crippen molar-refractivity contribution in [2.75, 3.05) is 18.0 Å². The van der Waals surface area contributed by atoms with Crippen LogP contribution >= 0.6 is 0 Å². The molecule has 34 heavy (non-hydrogen) atoms. The minimum atomic E-state index is -0.545. The van der Waals surface area contributed by atoms with E-state index in [1.807, 2.05) is 36.8 Å². The monoisotopic (exact) mass is 464 g/mol. The molecular weight excluding hydrogens is 435 g/mol. The van der Waals surface area contributed by atoms with E-state index in [1.54, 1.807) is 18.3 Å². The van der Waals surface area contributed by atoms with Gasteiger partial charge in [-0.05, 0) is 48.6 Å². The molecule has 2 aromatic carbocycles. The summed E-state index contributed by atoms with van der Waals surface area (Å²) >= 11 is 0. The summed E-state index contributed by atoms with van der Waals surface area (Å²) in [5, 5.41) is 2.63. The Morgan fingerprint density at radius 3 is 2.71 bits per heavy atom. The molecule has 1 fully saturated rings. The van der Waals surface area contributed by atoms with Crippen LogP contribution in [0, 0.1) is 5.82 Å². The third-order valence-electron chi connectivity index (χ3n) is 5.92. The average Bonchev–Trinajstić information content (AvgIpc) is 3.47. The van der Waals surface area contributed by atoms with Gasteiger partial charge in [-0.25, -0.2) is 14.2 Å². The standard InChI is InChI=1S/C26H29FN4O3/c1-19(32)29-16-23-17-31(26(33)34-23)22-10-11-24(25(27)15-22)21-8-6-20(7-9-21)5-3-2-4-13-30-14-12-28-18-30/h6-12,14-15,18,23H,2-5,13,16-17H2,1H3,(H,29,32)/t23-/m0/s1. The maximum absolute atomic E-state index is 14.9. The molecule has 0 saturated carbocycles. The molecule has 8 heteroatoms. The number of cyclic esters (lactones) is 1. The first-order valence-corrected chi connectivity index (χ1v) is 11.6. The number of imidazole rings is 1. The van der Waals surface area contributed by atoms with E-state index >= 15 is 0 Å². The number of benzene rings is 2. The lowest BCUT2D eigenvalue weighted by atomic mass is 10.0. The summed E-state index contributed by atoms with van der Waals surface area (Å²) < 4.78 is 22.3. The Kier molecular flexibility index (Phi) is 7.57. The lowest BCUT2D eigenvalue weighted by Gasteiger charge is -2.15. The summed E-state index contributed by atoms with van der Waals surface area (Å²) in [6.07, 6.45) is 8.96. The van der Waals surface area contributed by atoms with Crippen molar-refractivity contribution in [3.05, 3.63) is 72.6 Å². The van der Waals surface area contributed by atoms with Crippen LogP contribution < -0.4 is 10.2 Å². The van der Waals surface area contributed by atoms with Crippen molar-refractivity contribution in [2.24, 2.45) is 0 Å². The largest absolute Gasteiger partial charge is 0.442 e. The minimum absolute atomic E-state index is 0.193. The molecular formula is C26H29FN4O3. The van der Waals surface area contributed by atoms with Gasteiger partial charge in [0.05, 0.1) is 25.1 Å². The molecule has 0 bridgehead atoms. The molecule has 7 nitrogen and oxygen atoms in total. The van der Waals surface area contributed by atoms with Gasteiger partial charge >= 0.3 is 6.09 Å². The number of carbonyl (C=O) groups is 2. The van der Waals surface area contributed by atoms with Crippen LogP contribution in [0.15, 0.2) is 61.2 Å². The molecule has 2 amide bonds. The molecule has 1 aromatic heterocycles. The van der Waals surface area contributed by atoms with Gasteiger partial charge in [-0.3, -0.25) is 9.69 Å². The number of rotatable bonds is 10. The molecule has 0 radical (unpaired) electrons. The van der Waals surface area contributed by atoms with Crippen LogP contribution in [0.1, 0.15) is 31.7 Å². The topological polar surface area (TPSA) is 76.5 Å². The highest BCUT2D eigenvalue weighted by atomic mass is 19.1.